The number of benzene rings is 1. The first-order chi connectivity index (χ1) is 10.4. The lowest BCUT2D eigenvalue weighted by Gasteiger charge is -2.40. The third-order valence-corrected chi connectivity index (χ3v) is 5.46. The summed E-state index contributed by atoms with van der Waals surface area (Å²) in [6, 6.07) is 12.5. The largest absolute Gasteiger partial charge is 0.314 e. The molecule has 116 valence electrons. The summed E-state index contributed by atoms with van der Waals surface area (Å²) in [6.07, 6.45) is 8.06. The van der Waals surface area contributed by atoms with Crippen LogP contribution in [0.25, 0.3) is 0 Å². The van der Waals surface area contributed by atoms with Gasteiger partial charge in [-0.2, -0.15) is 0 Å². The highest BCUT2D eigenvalue weighted by Crippen LogP contribution is 2.27. The monoisotopic (exact) mass is 286 g/mol. The second kappa shape index (κ2) is 7.42. The summed E-state index contributed by atoms with van der Waals surface area (Å²) in [5, 5.41) is 3.73. The second-order valence-electron chi connectivity index (χ2n) is 6.85. The van der Waals surface area contributed by atoms with Gasteiger partial charge in [-0.3, -0.25) is 4.90 Å². The molecule has 0 aliphatic carbocycles. The molecule has 2 heterocycles. The molecule has 0 radical (unpaired) electrons. The molecular weight excluding hydrogens is 256 g/mol. The molecule has 1 aromatic carbocycles. The SMILES string of the molecule is CCC(Cc1ccccc1)N1CCCC(C2CCCN2)C1. The van der Waals surface area contributed by atoms with Crippen molar-refractivity contribution in [2.45, 2.75) is 57.5 Å². The number of nitrogens with zero attached hydrogens (tertiary/aromatic N) is 1. The summed E-state index contributed by atoms with van der Waals surface area (Å²) < 4.78 is 0. The highest BCUT2D eigenvalue weighted by molar-refractivity contribution is 5.16. The van der Waals surface area contributed by atoms with Crippen LogP contribution in [0.15, 0.2) is 30.3 Å². The van der Waals surface area contributed by atoms with Gasteiger partial charge in [0, 0.05) is 18.6 Å². The number of rotatable bonds is 5. The molecule has 0 aromatic heterocycles. The number of piperidine rings is 1. The Labute approximate surface area is 129 Å². The zero-order valence-corrected chi connectivity index (χ0v) is 13.4. The highest BCUT2D eigenvalue weighted by Gasteiger charge is 2.31. The normalized spacial score (nSPS) is 28.6. The van der Waals surface area contributed by atoms with Gasteiger partial charge in [-0.05, 0) is 63.1 Å². The van der Waals surface area contributed by atoms with Crippen molar-refractivity contribution in [2.24, 2.45) is 5.92 Å². The lowest BCUT2D eigenvalue weighted by atomic mass is 9.88. The summed E-state index contributed by atoms with van der Waals surface area (Å²) in [5.74, 6) is 0.881. The summed E-state index contributed by atoms with van der Waals surface area (Å²) in [6.45, 7) is 6.20. The van der Waals surface area contributed by atoms with Crippen molar-refractivity contribution in [1.29, 1.82) is 0 Å². The van der Waals surface area contributed by atoms with Gasteiger partial charge in [0.2, 0.25) is 0 Å². The Kier molecular flexibility index (Phi) is 5.32. The Morgan fingerprint density at radius 1 is 1.19 bits per heavy atom. The number of hydrogen-bond acceptors (Lipinski definition) is 2. The molecular formula is C19H30N2. The molecule has 2 heteroatoms. The fourth-order valence-corrected chi connectivity index (χ4v) is 4.23. The molecule has 2 fully saturated rings. The molecule has 3 unspecified atom stereocenters. The molecule has 1 aromatic rings. The van der Waals surface area contributed by atoms with Crippen molar-refractivity contribution in [3.63, 3.8) is 0 Å². The Balaban J connectivity index is 1.60. The van der Waals surface area contributed by atoms with Gasteiger partial charge in [0.15, 0.2) is 0 Å². The standard InChI is InChI=1S/C19H30N2/c1-2-18(14-16-8-4-3-5-9-16)21-13-7-10-17(15-21)19-11-6-12-20-19/h3-5,8-9,17-20H,2,6-7,10-15H2,1H3. The second-order valence-corrected chi connectivity index (χ2v) is 6.85. The smallest absolute Gasteiger partial charge is 0.0133 e. The Morgan fingerprint density at radius 3 is 2.76 bits per heavy atom. The minimum Gasteiger partial charge on any atom is -0.314 e. The fraction of sp³-hybridized carbons (Fsp3) is 0.684. The molecule has 3 atom stereocenters. The van der Waals surface area contributed by atoms with Crippen LogP contribution in [-0.2, 0) is 6.42 Å². The van der Waals surface area contributed by atoms with E-state index in [1.165, 1.54) is 63.7 Å². The van der Waals surface area contributed by atoms with Crippen LogP contribution in [0.5, 0.6) is 0 Å². The topological polar surface area (TPSA) is 15.3 Å². The third kappa shape index (κ3) is 3.87. The Morgan fingerprint density at radius 2 is 2.05 bits per heavy atom. The molecule has 2 nitrogen and oxygen atoms in total. The van der Waals surface area contributed by atoms with Gasteiger partial charge in [-0.1, -0.05) is 37.3 Å². The lowest BCUT2D eigenvalue weighted by molar-refractivity contribution is 0.104. The van der Waals surface area contributed by atoms with Crippen molar-refractivity contribution < 1.29 is 0 Å². The van der Waals surface area contributed by atoms with Crippen molar-refractivity contribution in [2.75, 3.05) is 19.6 Å². The zero-order chi connectivity index (χ0) is 14.5. The predicted octanol–water partition coefficient (Wildman–Crippen LogP) is 3.47. The van der Waals surface area contributed by atoms with Gasteiger partial charge >= 0.3 is 0 Å². The molecule has 2 aliphatic rings. The summed E-state index contributed by atoms with van der Waals surface area (Å²) >= 11 is 0. The highest BCUT2D eigenvalue weighted by atomic mass is 15.2. The zero-order valence-electron chi connectivity index (χ0n) is 13.4. The number of hydrogen-bond donors (Lipinski definition) is 1. The van der Waals surface area contributed by atoms with Crippen LogP contribution in [0.4, 0.5) is 0 Å². The van der Waals surface area contributed by atoms with E-state index < -0.39 is 0 Å². The first-order valence-corrected chi connectivity index (χ1v) is 8.88. The summed E-state index contributed by atoms with van der Waals surface area (Å²) in [4.78, 5) is 2.78. The average Bonchev–Trinajstić information content (AvgIpc) is 3.08. The quantitative estimate of drug-likeness (QED) is 0.891. The van der Waals surface area contributed by atoms with E-state index in [2.05, 4.69) is 47.5 Å². The fourth-order valence-electron chi connectivity index (χ4n) is 4.23. The first-order valence-electron chi connectivity index (χ1n) is 8.88. The van der Waals surface area contributed by atoms with E-state index in [1.54, 1.807) is 0 Å². The molecule has 21 heavy (non-hydrogen) atoms. The van der Waals surface area contributed by atoms with Crippen LogP contribution in [0.3, 0.4) is 0 Å². The minimum absolute atomic E-state index is 0.719. The van der Waals surface area contributed by atoms with Gasteiger partial charge < -0.3 is 5.32 Å². The maximum absolute atomic E-state index is 3.73. The molecule has 1 N–H and O–H groups in total. The average molecular weight is 286 g/mol. The van der Waals surface area contributed by atoms with Gasteiger partial charge in [-0.25, -0.2) is 0 Å². The molecule has 3 rings (SSSR count). The maximum atomic E-state index is 3.73. The Bertz CT molecular complexity index is 411. The van der Waals surface area contributed by atoms with E-state index >= 15 is 0 Å². The molecule has 0 amide bonds. The molecule has 0 bridgehead atoms. The minimum atomic E-state index is 0.719. The third-order valence-electron chi connectivity index (χ3n) is 5.46. The van der Waals surface area contributed by atoms with Gasteiger partial charge in [-0.15, -0.1) is 0 Å². The van der Waals surface area contributed by atoms with Gasteiger partial charge in [0.05, 0.1) is 0 Å². The summed E-state index contributed by atoms with van der Waals surface area (Å²) in [7, 11) is 0. The van der Waals surface area contributed by atoms with Crippen molar-refractivity contribution in [3.8, 4) is 0 Å². The molecule has 2 aliphatic heterocycles. The van der Waals surface area contributed by atoms with Gasteiger partial charge in [0.25, 0.3) is 0 Å². The van der Waals surface area contributed by atoms with E-state index in [0.717, 1.165) is 18.0 Å². The number of likely N-dealkylation sites (tertiary alicyclic amines) is 1. The first kappa shape index (κ1) is 15.1. The Hall–Kier alpha value is -0.860. The van der Waals surface area contributed by atoms with Crippen LogP contribution in [0.2, 0.25) is 0 Å². The van der Waals surface area contributed by atoms with Crippen LogP contribution < -0.4 is 5.32 Å². The summed E-state index contributed by atoms with van der Waals surface area (Å²) in [5.41, 5.74) is 1.49. The van der Waals surface area contributed by atoms with Crippen LogP contribution >= 0.6 is 0 Å². The van der Waals surface area contributed by atoms with E-state index in [0.29, 0.717) is 0 Å². The van der Waals surface area contributed by atoms with E-state index in [9.17, 15) is 0 Å². The van der Waals surface area contributed by atoms with E-state index in [4.69, 9.17) is 0 Å². The van der Waals surface area contributed by atoms with Crippen molar-refractivity contribution in [3.05, 3.63) is 35.9 Å². The lowest BCUT2D eigenvalue weighted by Crippen LogP contribution is -2.48. The van der Waals surface area contributed by atoms with E-state index in [-0.39, 0.29) is 0 Å². The van der Waals surface area contributed by atoms with Crippen LogP contribution in [0, 0.1) is 5.92 Å². The molecule has 2 saturated heterocycles. The number of nitrogens with one attached hydrogen (secondary N) is 1. The van der Waals surface area contributed by atoms with E-state index in [1.807, 2.05) is 0 Å². The van der Waals surface area contributed by atoms with Gasteiger partial charge in [0.1, 0.15) is 0 Å². The van der Waals surface area contributed by atoms with Crippen LogP contribution in [-0.4, -0.2) is 36.6 Å². The van der Waals surface area contributed by atoms with Crippen molar-refractivity contribution in [1.82, 2.24) is 10.2 Å². The van der Waals surface area contributed by atoms with Crippen LogP contribution in [0.1, 0.15) is 44.6 Å². The van der Waals surface area contributed by atoms with Crippen molar-refractivity contribution >= 4 is 0 Å². The maximum Gasteiger partial charge on any atom is 0.0133 e. The molecule has 0 saturated carbocycles. The predicted molar refractivity (Wildman–Crippen MR) is 89.5 cm³/mol. The molecule has 0 spiro atoms.